The maximum absolute atomic E-state index is 11.2. The second-order valence-corrected chi connectivity index (χ2v) is 3.49. The Hall–Kier alpha value is -0.860. The molecule has 1 aliphatic carbocycles. The average molecular weight is 170 g/mol. The van der Waals surface area contributed by atoms with Gasteiger partial charge in [0.1, 0.15) is 12.2 Å². The molecular formula is C9H14O3. The molecular weight excluding hydrogens is 156 g/mol. The van der Waals surface area contributed by atoms with Crippen LogP contribution in [0.4, 0.5) is 0 Å². The Morgan fingerprint density at radius 1 is 1.42 bits per heavy atom. The van der Waals surface area contributed by atoms with Gasteiger partial charge in [-0.15, -0.1) is 0 Å². The number of ether oxygens (including phenoxy) is 1. The summed E-state index contributed by atoms with van der Waals surface area (Å²) in [5.41, 5.74) is 0. The summed E-state index contributed by atoms with van der Waals surface area (Å²) in [6.45, 7) is 2.11. The third-order valence-electron chi connectivity index (χ3n) is 2.38. The van der Waals surface area contributed by atoms with Gasteiger partial charge < -0.3 is 4.74 Å². The minimum atomic E-state index is -0.417. The Morgan fingerprint density at radius 3 is 2.42 bits per heavy atom. The highest BCUT2D eigenvalue weighted by atomic mass is 16.5. The summed E-state index contributed by atoms with van der Waals surface area (Å²) in [6, 6.07) is 0. The van der Waals surface area contributed by atoms with Crippen LogP contribution in [0.2, 0.25) is 0 Å². The first kappa shape index (κ1) is 9.23. The summed E-state index contributed by atoms with van der Waals surface area (Å²) in [4.78, 5) is 21.9. The van der Waals surface area contributed by atoms with Gasteiger partial charge in [0.15, 0.2) is 0 Å². The second-order valence-electron chi connectivity index (χ2n) is 3.49. The molecule has 3 nitrogen and oxygen atoms in total. The number of rotatable bonds is 3. The largest absolute Gasteiger partial charge is 0.469 e. The van der Waals surface area contributed by atoms with E-state index >= 15 is 0 Å². The number of hydrogen-bond donors (Lipinski definition) is 0. The van der Waals surface area contributed by atoms with Gasteiger partial charge in [0.25, 0.3) is 0 Å². The number of methoxy groups -OCH3 is 1. The van der Waals surface area contributed by atoms with E-state index in [1.54, 1.807) is 0 Å². The standard InChI is InChI=1S/C9H14O3/c1-6-3-7(4-6)8(10)5-9(11)12-2/h6-7H,3-5H2,1-2H3/t6-,7+. The van der Waals surface area contributed by atoms with Crippen molar-refractivity contribution in [3.63, 3.8) is 0 Å². The number of esters is 1. The molecule has 0 radical (unpaired) electrons. The number of hydrogen-bond acceptors (Lipinski definition) is 3. The van der Waals surface area contributed by atoms with Crippen LogP contribution in [-0.4, -0.2) is 18.9 Å². The van der Waals surface area contributed by atoms with Crippen molar-refractivity contribution < 1.29 is 14.3 Å². The highest BCUT2D eigenvalue weighted by molar-refractivity contribution is 5.97. The van der Waals surface area contributed by atoms with Gasteiger partial charge in [-0.3, -0.25) is 9.59 Å². The lowest BCUT2D eigenvalue weighted by atomic mass is 9.73. The van der Waals surface area contributed by atoms with Crippen molar-refractivity contribution in [2.75, 3.05) is 7.11 Å². The van der Waals surface area contributed by atoms with Crippen molar-refractivity contribution in [2.24, 2.45) is 11.8 Å². The highest BCUT2D eigenvalue weighted by Gasteiger charge is 2.32. The van der Waals surface area contributed by atoms with Crippen molar-refractivity contribution in [1.82, 2.24) is 0 Å². The first-order chi connectivity index (χ1) is 5.63. The van der Waals surface area contributed by atoms with E-state index in [-0.39, 0.29) is 18.1 Å². The molecule has 0 aromatic carbocycles. The van der Waals surface area contributed by atoms with E-state index in [1.165, 1.54) is 7.11 Å². The van der Waals surface area contributed by atoms with E-state index in [4.69, 9.17) is 0 Å². The molecule has 1 saturated carbocycles. The predicted molar refractivity (Wildman–Crippen MR) is 43.5 cm³/mol. The highest BCUT2D eigenvalue weighted by Crippen LogP contribution is 2.34. The minimum Gasteiger partial charge on any atom is -0.469 e. The molecule has 68 valence electrons. The van der Waals surface area contributed by atoms with Crippen LogP contribution in [0.15, 0.2) is 0 Å². The van der Waals surface area contributed by atoms with Crippen LogP contribution in [0.3, 0.4) is 0 Å². The van der Waals surface area contributed by atoms with Crippen molar-refractivity contribution in [3.8, 4) is 0 Å². The molecule has 0 aliphatic heterocycles. The molecule has 1 fully saturated rings. The van der Waals surface area contributed by atoms with E-state index in [9.17, 15) is 9.59 Å². The molecule has 0 heterocycles. The van der Waals surface area contributed by atoms with Gasteiger partial charge in [-0.05, 0) is 18.8 Å². The topological polar surface area (TPSA) is 43.4 Å². The molecule has 0 atom stereocenters. The van der Waals surface area contributed by atoms with Crippen LogP contribution in [0.5, 0.6) is 0 Å². The van der Waals surface area contributed by atoms with Crippen LogP contribution >= 0.6 is 0 Å². The number of Topliss-reactive ketones (excluding diaryl/α,β-unsaturated/α-hetero) is 1. The maximum atomic E-state index is 11.2. The first-order valence-corrected chi connectivity index (χ1v) is 4.23. The molecule has 0 unspecified atom stereocenters. The van der Waals surface area contributed by atoms with Gasteiger partial charge in [-0.1, -0.05) is 6.92 Å². The van der Waals surface area contributed by atoms with E-state index in [0.29, 0.717) is 5.92 Å². The number of ketones is 1. The minimum absolute atomic E-state index is 0.0416. The summed E-state index contributed by atoms with van der Waals surface area (Å²) in [7, 11) is 1.30. The maximum Gasteiger partial charge on any atom is 0.313 e. The molecule has 0 saturated heterocycles. The molecule has 12 heavy (non-hydrogen) atoms. The zero-order chi connectivity index (χ0) is 9.14. The zero-order valence-corrected chi connectivity index (χ0v) is 7.50. The molecule has 0 amide bonds. The fourth-order valence-corrected chi connectivity index (χ4v) is 1.52. The van der Waals surface area contributed by atoms with Crippen LogP contribution < -0.4 is 0 Å². The van der Waals surface area contributed by atoms with E-state index in [2.05, 4.69) is 11.7 Å². The smallest absolute Gasteiger partial charge is 0.313 e. The lowest BCUT2D eigenvalue weighted by Crippen LogP contribution is -2.30. The molecule has 0 N–H and O–H groups in total. The Balaban J connectivity index is 2.25. The summed E-state index contributed by atoms with van der Waals surface area (Å²) in [6.07, 6.45) is 1.83. The lowest BCUT2D eigenvalue weighted by molar-refractivity contribution is -0.145. The quantitative estimate of drug-likeness (QED) is 0.471. The zero-order valence-electron chi connectivity index (χ0n) is 7.50. The van der Waals surface area contributed by atoms with Crippen LogP contribution in [0.1, 0.15) is 26.2 Å². The van der Waals surface area contributed by atoms with Crippen molar-refractivity contribution in [3.05, 3.63) is 0 Å². The molecule has 0 spiro atoms. The van der Waals surface area contributed by atoms with Crippen molar-refractivity contribution in [2.45, 2.75) is 26.2 Å². The Kier molecular flexibility index (Phi) is 2.84. The monoisotopic (exact) mass is 170 g/mol. The molecule has 1 rings (SSSR count). The summed E-state index contributed by atoms with van der Waals surface area (Å²) in [5.74, 6) is 0.398. The first-order valence-electron chi connectivity index (χ1n) is 4.23. The summed E-state index contributed by atoms with van der Waals surface area (Å²) >= 11 is 0. The van der Waals surface area contributed by atoms with Gasteiger partial charge >= 0.3 is 5.97 Å². The molecule has 0 aromatic heterocycles. The van der Waals surface area contributed by atoms with Crippen molar-refractivity contribution >= 4 is 11.8 Å². The van der Waals surface area contributed by atoms with Gasteiger partial charge in [-0.25, -0.2) is 0 Å². The number of carbonyl (C=O) groups is 2. The fraction of sp³-hybridized carbons (Fsp3) is 0.778. The predicted octanol–water partition coefficient (Wildman–Crippen LogP) is 1.16. The Bertz CT molecular complexity index is 192. The fourth-order valence-electron chi connectivity index (χ4n) is 1.52. The average Bonchev–Trinajstić information content (AvgIpc) is 1.98. The summed E-state index contributed by atoms with van der Waals surface area (Å²) in [5, 5.41) is 0. The van der Waals surface area contributed by atoms with E-state index in [0.717, 1.165) is 12.8 Å². The Morgan fingerprint density at radius 2 is 2.00 bits per heavy atom. The van der Waals surface area contributed by atoms with Gasteiger partial charge in [0.2, 0.25) is 0 Å². The van der Waals surface area contributed by atoms with Crippen molar-refractivity contribution in [1.29, 1.82) is 0 Å². The van der Waals surface area contributed by atoms with Gasteiger partial charge in [0.05, 0.1) is 7.11 Å². The normalized spacial score (nSPS) is 27.5. The molecule has 0 aromatic rings. The van der Waals surface area contributed by atoms with Gasteiger partial charge in [-0.2, -0.15) is 0 Å². The third-order valence-corrected chi connectivity index (χ3v) is 2.38. The molecule has 0 bridgehead atoms. The van der Waals surface area contributed by atoms with E-state index < -0.39 is 5.97 Å². The third kappa shape index (κ3) is 2.06. The molecule has 3 heteroatoms. The van der Waals surface area contributed by atoms with Gasteiger partial charge in [0, 0.05) is 5.92 Å². The van der Waals surface area contributed by atoms with Crippen LogP contribution in [0, 0.1) is 11.8 Å². The van der Waals surface area contributed by atoms with Crippen LogP contribution in [-0.2, 0) is 14.3 Å². The second kappa shape index (κ2) is 3.70. The lowest BCUT2D eigenvalue weighted by Gasteiger charge is -2.30. The number of carbonyl (C=O) groups excluding carboxylic acids is 2. The van der Waals surface area contributed by atoms with E-state index in [1.807, 2.05) is 0 Å². The Labute approximate surface area is 72.1 Å². The SMILES string of the molecule is COC(=O)CC(=O)[C@H]1C[C@@H](C)C1. The van der Waals surface area contributed by atoms with Crippen LogP contribution in [0.25, 0.3) is 0 Å². The molecule has 1 aliphatic rings. The summed E-state index contributed by atoms with van der Waals surface area (Å²) < 4.78 is 4.41.